The second-order valence-corrected chi connectivity index (χ2v) is 10.7. The second kappa shape index (κ2) is 11.4. The Balaban J connectivity index is 1.85. The first-order valence-electron chi connectivity index (χ1n) is 10.1. The van der Waals surface area contributed by atoms with Crippen LogP contribution in [-0.2, 0) is 31.4 Å². The molecule has 2 aromatic rings. The van der Waals surface area contributed by atoms with E-state index >= 15 is 0 Å². The quantitative estimate of drug-likeness (QED) is 0.422. The molecule has 32 heavy (non-hydrogen) atoms. The highest BCUT2D eigenvalue weighted by Gasteiger charge is 2.16. The van der Waals surface area contributed by atoms with Crippen molar-refractivity contribution >= 4 is 26.0 Å². The molecule has 0 saturated carbocycles. The van der Waals surface area contributed by atoms with Crippen molar-refractivity contribution in [3.63, 3.8) is 0 Å². The van der Waals surface area contributed by atoms with Gasteiger partial charge in [-0.05, 0) is 62.7 Å². The molecule has 176 valence electrons. The number of carbonyl (C=O) groups excluding carboxylic acids is 1. The van der Waals surface area contributed by atoms with Crippen LogP contribution in [0.3, 0.4) is 0 Å². The maximum atomic E-state index is 12.3. The number of benzene rings is 2. The summed E-state index contributed by atoms with van der Waals surface area (Å²) in [6.07, 6.45) is -0.0663. The van der Waals surface area contributed by atoms with E-state index < -0.39 is 20.0 Å². The van der Waals surface area contributed by atoms with E-state index in [1.54, 1.807) is 38.1 Å². The predicted octanol–water partition coefficient (Wildman–Crippen LogP) is 1.76. The van der Waals surface area contributed by atoms with Crippen molar-refractivity contribution < 1.29 is 26.4 Å². The lowest BCUT2D eigenvalue weighted by molar-refractivity contribution is -0.121. The highest BCUT2D eigenvalue weighted by molar-refractivity contribution is 7.89. The maximum Gasteiger partial charge on any atom is 0.240 e. The number of sulfonamides is 2. The minimum Gasteiger partial charge on any atom is -0.494 e. The summed E-state index contributed by atoms with van der Waals surface area (Å²) in [5.74, 6) is 0.204. The van der Waals surface area contributed by atoms with E-state index in [1.165, 1.54) is 24.3 Å². The molecule has 0 bridgehead atoms. The summed E-state index contributed by atoms with van der Waals surface area (Å²) in [6.45, 7) is 5.81. The standard InChI is InChI=1S/C21H29N3O6S2/c1-4-30-18-8-10-19(11-9-18)31(26,27)23-13-12-21(25)22-15-17-6-5-7-20(14-17)32(28,29)24-16(2)3/h5-11,14,16,23-24H,4,12-13,15H2,1-3H3,(H,22,25). The van der Waals surface area contributed by atoms with Crippen molar-refractivity contribution in [3.05, 3.63) is 54.1 Å². The summed E-state index contributed by atoms with van der Waals surface area (Å²) >= 11 is 0. The van der Waals surface area contributed by atoms with E-state index in [1.807, 2.05) is 6.92 Å². The topological polar surface area (TPSA) is 131 Å². The smallest absolute Gasteiger partial charge is 0.240 e. The van der Waals surface area contributed by atoms with Crippen LogP contribution in [0, 0.1) is 0 Å². The van der Waals surface area contributed by atoms with Crippen molar-refractivity contribution in [1.29, 1.82) is 0 Å². The minimum atomic E-state index is -3.75. The Morgan fingerprint density at radius 1 is 0.969 bits per heavy atom. The summed E-state index contributed by atoms with van der Waals surface area (Å²) in [6, 6.07) is 12.0. The van der Waals surface area contributed by atoms with Gasteiger partial charge in [-0.3, -0.25) is 4.79 Å². The molecule has 11 heteroatoms. The molecule has 0 heterocycles. The van der Waals surface area contributed by atoms with Crippen molar-refractivity contribution in [3.8, 4) is 5.75 Å². The average molecular weight is 484 g/mol. The minimum absolute atomic E-state index is 0.0663. The second-order valence-electron chi connectivity index (χ2n) is 7.25. The number of hydrogen-bond donors (Lipinski definition) is 3. The number of nitrogens with one attached hydrogen (secondary N) is 3. The predicted molar refractivity (Wildman–Crippen MR) is 121 cm³/mol. The van der Waals surface area contributed by atoms with Gasteiger partial charge >= 0.3 is 0 Å². The fourth-order valence-electron chi connectivity index (χ4n) is 2.75. The van der Waals surface area contributed by atoms with E-state index in [-0.39, 0.29) is 41.3 Å². The molecule has 0 aliphatic carbocycles. The normalized spacial score (nSPS) is 12.0. The molecule has 2 aromatic carbocycles. The SMILES string of the molecule is CCOc1ccc(S(=O)(=O)NCCC(=O)NCc2cccc(S(=O)(=O)NC(C)C)c2)cc1. The molecule has 0 spiro atoms. The largest absolute Gasteiger partial charge is 0.494 e. The lowest BCUT2D eigenvalue weighted by Crippen LogP contribution is -2.31. The van der Waals surface area contributed by atoms with E-state index in [4.69, 9.17) is 4.74 Å². The van der Waals surface area contributed by atoms with Crippen LogP contribution in [0.4, 0.5) is 0 Å². The van der Waals surface area contributed by atoms with Gasteiger partial charge in [0, 0.05) is 25.6 Å². The maximum absolute atomic E-state index is 12.3. The van der Waals surface area contributed by atoms with Crippen LogP contribution in [-0.4, -0.2) is 41.9 Å². The Labute approximate surface area is 189 Å². The van der Waals surface area contributed by atoms with Gasteiger partial charge in [-0.15, -0.1) is 0 Å². The van der Waals surface area contributed by atoms with Gasteiger partial charge in [-0.2, -0.15) is 0 Å². The number of hydrogen-bond acceptors (Lipinski definition) is 6. The Morgan fingerprint density at radius 2 is 1.66 bits per heavy atom. The van der Waals surface area contributed by atoms with Crippen LogP contribution in [0.1, 0.15) is 32.8 Å². The average Bonchev–Trinajstić information content (AvgIpc) is 2.72. The molecular formula is C21H29N3O6S2. The van der Waals surface area contributed by atoms with Crippen LogP contribution >= 0.6 is 0 Å². The van der Waals surface area contributed by atoms with Gasteiger partial charge in [0.15, 0.2) is 0 Å². The highest BCUT2D eigenvalue weighted by atomic mass is 32.2. The van der Waals surface area contributed by atoms with Gasteiger partial charge < -0.3 is 10.1 Å². The highest BCUT2D eigenvalue weighted by Crippen LogP contribution is 2.16. The van der Waals surface area contributed by atoms with Crippen molar-refractivity contribution in [2.24, 2.45) is 0 Å². The van der Waals surface area contributed by atoms with E-state index in [2.05, 4.69) is 14.8 Å². The first kappa shape index (κ1) is 25.8. The molecule has 0 aliphatic rings. The molecule has 0 atom stereocenters. The molecule has 0 unspecified atom stereocenters. The Morgan fingerprint density at radius 3 is 2.28 bits per heavy atom. The molecule has 0 aliphatic heterocycles. The summed E-state index contributed by atoms with van der Waals surface area (Å²) < 4.78 is 59.4. The Kier molecular flexibility index (Phi) is 9.20. The third kappa shape index (κ3) is 7.90. The van der Waals surface area contributed by atoms with Gasteiger partial charge in [0.1, 0.15) is 5.75 Å². The molecule has 3 N–H and O–H groups in total. The first-order chi connectivity index (χ1) is 15.0. The van der Waals surface area contributed by atoms with Crippen LogP contribution in [0.25, 0.3) is 0 Å². The summed E-state index contributed by atoms with van der Waals surface area (Å²) in [5, 5.41) is 2.66. The van der Waals surface area contributed by atoms with Gasteiger partial charge in [-0.1, -0.05) is 12.1 Å². The van der Waals surface area contributed by atoms with Crippen LogP contribution in [0.15, 0.2) is 58.3 Å². The molecule has 9 nitrogen and oxygen atoms in total. The molecule has 0 aromatic heterocycles. The lowest BCUT2D eigenvalue weighted by atomic mass is 10.2. The third-order valence-electron chi connectivity index (χ3n) is 4.18. The molecule has 0 saturated heterocycles. The van der Waals surface area contributed by atoms with Crippen LogP contribution in [0.2, 0.25) is 0 Å². The number of rotatable bonds is 12. The van der Waals surface area contributed by atoms with Gasteiger partial charge in [0.25, 0.3) is 0 Å². The van der Waals surface area contributed by atoms with Gasteiger partial charge in [-0.25, -0.2) is 26.3 Å². The van der Waals surface area contributed by atoms with Gasteiger partial charge in [0.2, 0.25) is 26.0 Å². The molecule has 0 radical (unpaired) electrons. The zero-order valence-corrected chi connectivity index (χ0v) is 19.9. The van der Waals surface area contributed by atoms with Gasteiger partial charge in [0.05, 0.1) is 16.4 Å². The third-order valence-corrected chi connectivity index (χ3v) is 7.31. The zero-order valence-electron chi connectivity index (χ0n) is 18.3. The van der Waals surface area contributed by atoms with Crippen molar-refractivity contribution in [1.82, 2.24) is 14.8 Å². The van der Waals surface area contributed by atoms with E-state index in [0.29, 0.717) is 17.9 Å². The zero-order chi connectivity index (χ0) is 23.8. The van der Waals surface area contributed by atoms with E-state index in [9.17, 15) is 21.6 Å². The fraction of sp³-hybridized carbons (Fsp3) is 0.381. The number of amides is 1. The monoisotopic (exact) mass is 483 g/mol. The molecule has 2 rings (SSSR count). The lowest BCUT2D eigenvalue weighted by Gasteiger charge is -2.11. The fourth-order valence-corrected chi connectivity index (χ4v) is 5.11. The molecule has 0 fully saturated rings. The molecule has 1 amide bonds. The van der Waals surface area contributed by atoms with Crippen LogP contribution < -0.4 is 19.5 Å². The summed E-state index contributed by atoms with van der Waals surface area (Å²) in [7, 11) is -7.38. The number of carbonyl (C=O) groups is 1. The van der Waals surface area contributed by atoms with Crippen LogP contribution in [0.5, 0.6) is 5.75 Å². The van der Waals surface area contributed by atoms with E-state index in [0.717, 1.165) is 0 Å². The summed E-state index contributed by atoms with van der Waals surface area (Å²) in [4.78, 5) is 12.3. The summed E-state index contributed by atoms with van der Waals surface area (Å²) in [5.41, 5.74) is 0.611. The Hall–Kier alpha value is -2.47. The Bertz CT molecular complexity index is 1110. The number of ether oxygens (including phenoxy) is 1. The first-order valence-corrected chi connectivity index (χ1v) is 13.1. The van der Waals surface area contributed by atoms with Crippen molar-refractivity contribution in [2.45, 2.75) is 49.6 Å². The van der Waals surface area contributed by atoms with Crippen molar-refractivity contribution in [2.75, 3.05) is 13.2 Å². The molecular weight excluding hydrogens is 454 g/mol.